The third-order valence-corrected chi connectivity index (χ3v) is 4.77. The third-order valence-electron chi connectivity index (χ3n) is 4.77. The molecule has 0 saturated carbocycles. The molecule has 0 bridgehead atoms. The summed E-state index contributed by atoms with van der Waals surface area (Å²) in [4.78, 5) is 38.1. The molecular weight excluding hydrogens is 362 g/mol. The van der Waals surface area contributed by atoms with E-state index in [0.717, 1.165) is 4.57 Å². The predicted molar refractivity (Wildman–Crippen MR) is 104 cm³/mol. The molecule has 1 aliphatic heterocycles. The molecule has 2 N–H and O–H groups in total. The number of rotatable bonds is 4. The van der Waals surface area contributed by atoms with Crippen molar-refractivity contribution in [3.63, 3.8) is 0 Å². The number of benzene rings is 1. The Morgan fingerprint density at radius 1 is 1.25 bits per heavy atom. The van der Waals surface area contributed by atoms with Crippen molar-refractivity contribution in [1.29, 1.82) is 0 Å². The van der Waals surface area contributed by atoms with Gasteiger partial charge in [-0.15, -0.1) is 0 Å². The van der Waals surface area contributed by atoms with E-state index in [-0.39, 0.29) is 23.5 Å². The lowest BCUT2D eigenvalue weighted by molar-refractivity contribution is -0.138. The minimum absolute atomic E-state index is 0.0239. The Morgan fingerprint density at radius 3 is 2.50 bits per heavy atom. The van der Waals surface area contributed by atoms with Crippen LogP contribution in [0.2, 0.25) is 0 Å². The fourth-order valence-electron chi connectivity index (χ4n) is 3.37. The average Bonchev–Trinajstić information content (AvgIpc) is 2.68. The van der Waals surface area contributed by atoms with Gasteiger partial charge in [-0.25, -0.2) is 9.59 Å². The van der Waals surface area contributed by atoms with Crippen LogP contribution in [0.5, 0.6) is 5.75 Å². The van der Waals surface area contributed by atoms with Gasteiger partial charge in [-0.2, -0.15) is 0 Å². The van der Waals surface area contributed by atoms with Gasteiger partial charge in [0.1, 0.15) is 18.2 Å². The number of phenolic OH excluding ortho intramolecular Hbond substituents is 1. The Hall–Kier alpha value is -3.55. The van der Waals surface area contributed by atoms with Gasteiger partial charge in [0.05, 0.1) is 17.1 Å². The lowest BCUT2D eigenvalue weighted by Crippen LogP contribution is -2.43. The van der Waals surface area contributed by atoms with Crippen molar-refractivity contribution in [2.24, 2.45) is 14.1 Å². The number of carbonyl (C=O) groups excluding carboxylic acids is 1. The molecule has 0 unspecified atom stereocenters. The van der Waals surface area contributed by atoms with E-state index in [2.05, 4.69) is 11.9 Å². The standard InChI is InChI=1S/C20H21N3O5/c1-5-10-28-19(26)14-11(2)21-17-16(18(25)23(4)20(27)22(17)3)15(14)12-6-8-13(24)9-7-12/h5-9,15,21,24H,1,10H2,2-4H3/t15-/m1/s1. The van der Waals surface area contributed by atoms with Crippen LogP contribution in [0.3, 0.4) is 0 Å². The van der Waals surface area contributed by atoms with E-state index < -0.39 is 23.1 Å². The SMILES string of the molecule is C=CCOC(=O)C1=C(C)Nc2c(c(=O)n(C)c(=O)n2C)[C@@H]1c1ccc(O)cc1. The first-order valence-electron chi connectivity index (χ1n) is 8.62. The lowest BCUT2D eigenvalue weighted by Gasteiger charge is -2.30. The Labute approximate surface area is 161 Å². The zero-order valence-corrected chi connectivity index (χ0v) is 15.9. The topological polar surface area (TPSA) is 103 Å². The van der Waals surface area contributed by atoms with E-state index in [1.54, 1.807) is 26.1 Å². The molecular formula is C20H21N3O5. The smallest absolute Gasteiger partial charge is 0.337 e. The van der Waals surface area contributed by atoms with E-state index in [1.807, 2.05) is 0 Å². The number of ether oxygens (including phenoxy) is 1. The number of anilines is 1. The van der Waals surface area contributed by atoms with Crippen LogP contribution >= 0.6 is 0 Å². The number of aromatic hydroxyl groups is 1. The molecule has 0 spiro atoms. The summed E-state index contributed by atoms with van der Waals surface area (Å²) in [6, 6.07) is 6.22. The van der Waals surface area contributed by atoms with Crippen molar-refractivity contribution >= 4 is 11.8 Å². The van der Waals surface area contributed by atoms with E-state index in [4.69, 9.17) is 4.74 Å². The zero-order chi connectivity index (χ0) is 20.6. The van der Waals surface area contributed by atoms with Gasteiger partial charge in [0.15, 0.2) is 0 Å². The quantitative estimate of drug-likeness (QED) is 0.610. The molecule has 0 amide bonds. The minimum Gasteiger partial charge on any atom is -0.508 e. The lowest BCUT2D eigenvalue weighted by atomic mass is 9.82. The largest absolute Gasteiger partial charge is 0.508 e. The van der Waals surface area contributed by atoms with Crippen LogP contribution in [0.1, 0.15) is 24.0 Å². The molecule has 0 saturated heterocycles. The number of nitrogens with zero attached hydrogens (tertiary/aromatic N) is 2. The summed E-state index contributed by atoms with van der Waals surface area (Å²) < 4.78 is 7.57. The van der Waals surface area contributed by atoms with Crippen LogP contribution in [0.4, 0.5) is 5.82 Å². The Balaban J connectivity index is 2.33. The number of hydrogen-bond acceptors (Lipinski definition) is 6. The number of aromatic nitrogens is 2. The number of carbonyl (C=O) groups is 1. The van der Waals surface area contributed by atoms with Gasteiger partial charge in [0, 0.05) is 19.8 Å². The summed E-state index contributed by atoms with van der Waals surface area (Å²) in [5.74, 6) is -0.976. The first kappa shape index (κ1) is 19.2. The monoisotopic (exact) mass is 383 g/mol. The van der Waals surface area contributed by atoms with E-state index >= 15 is 0 Å². The minimum atomic E-state index is -0.764. The molecule has 1 aromatic heterocycles. The van der Waals surface area contributed by atoms with Crippen molar-refractivity contribution in [2.75, 3.05) is 11.9 Å². The van der Waals surface area contributed by atoms with Crippen molar-refractivity contribution in [3.8, 4) is 5.75 Å². The second kappa shape index (κ2) is 7.22. The number of allylic oxidation sites excluding steroid dienone is 1. The van der Waals surface area contributed by atoms with Gasteiger partial charge in [-0.1, -0.05) is 24.8 Å². The molecule has 0 fully saturated rings. The molecule has 2 aromatic rings. The van der Waals surface area contributed by atoms with Crippen LogP contribution in [0.15, 0.2) is 57.8 Å². The highest BCUT2D eigenvalue weighted by Crippen LogP contribution is 2.40. The summed E-state index contributed by atoms with van der Waals surface area (Å²) in [6.45, 7) is 5.25. The Morgan fingerprint density at radius 2 is 1.89 bits per heavy atom. The molecule has 1 aliphatic rings. The Bertz CT molecular complexity index is 1110. The molecule has 8 nitrogen and oxygen atoms in total. The highest BCUT2D eigenvalue weighted by molar-refractivity contribution is 5.94. The molecule has 8 heteroatoms. The summed E-state index contributed by atoms with van der Waals surface area (Å²) in [5.41, 5.74) is 0.614. The molecule has 2 heterocycles. The predicted octanol–water partition coefficient (Wildman–Crippen LogP) is 1.35. The van der Waals surface area contributed by atoms with Crippen LogP contribution < -0.4 is 16.6 Å². The fraction of sp³-hybridized carbons (Fsp3) is 0.250. The molecule has 1 aromatic carbocycles. The van der Waals surface area contributed by atoms with Crippen molar-refractivity contribution in [2.45, 2.75) is 12.8 Å². The van der Waals surface area contributed by atoms with E-state index in [0.29, 0.717) is 17.1 Å². The van der Waals surface area contributed by atoms with Gasteiger partial charge >= 0.3 is 11.7 Å². The molecule has 0 radical (unpaired) electrons. The van der Waals surface area contributed by atoms with Gasteiger partial charge < -0.3 is 15.2 Å². The van der Waals surface area contributed by atoms with Gasteiger partial charge in [0.2, 0.25) is 0 Å². The maximum Gasteiger partial charge on any atom is 0.337 e. The first-order chi connectivity index (χ1) is 13.3. The van der Waals surface area contributed by atoms with Crippen LogP contribution in [0.25, 0.3) is 0 Å². The summed E-state index contributed by atoms with van der Waals surface area (Å²) in [5, 5.41) is 12.6. The number of hydrogen-bond donors (Lipinski definition) is 2. The number of fused-ring (bicyclic) bond motifs is 1. The zero-order valence-electron chi connectivity index (χ0n) is 15.9. The second-order valence-corrected chi connectivity index (χ2v) is 6.54. The maximum atomic E-state index is 13.0. The first-order valence-corrected chi connectivity index (χ1v) is 8.62. The highest BCUT2D eigenvalue weighted by Gasteiger charge is 2.37. The fourth-order valence-corrected chi connectivity index (χ4v) is 3.37. The van der Waals surface area contributed by atoms with Gasteiger partial charge in [-0.05, 0) is 24.6 Å². The van der Waals surface area contributed by atoms with Crippen molar-refractivity contribution in [1.82, 2.24) is 9.13 Å². The van der Waals surface area contributed by atoms with Crippen LogP contribution in [-0.2, 0) is 23.6 Å². The van der Waals surface area contributed by atoms with Crippen LogP contribution in [0, 0.1) is 0 Å². The highest BCUT2D eigenvalue weighted by atomic mass is 16.5. The van der Waals surface area contributed by atoms with Gasteiger partial charge in [-0.3, -0.25) is 13.9 Å². The van der Waals surface area contributed by atoms with E-state index in [1.165, 1.54) is 29.8 Å². The second-order valence-electron chi connectivity index (χ2n) is 6.54. The number of nitrogens with one attached hydrogen (secondary N) is 1. The van der Waals surface area contributed by atoms with E-state index in [9.17, 15) is 19.5 Å². The molecule has 0 aliphatic carbocycles. The average molecular weight is 383 g/mol. The molecule has 28 heavy (non-hydrogen) atoms. The molecule has 1 atom stereocenters. The molecule has 3 rings (SSSR count). The normalized spacial score (nSPS) is 15.6. The van der Waals surface area contributed by atoms with Crippen molar-refractivity contribution < 1.29 is 14.6 Å². The molecule has 146 valence electrons. The number of esters is 1. The maximum absolute atomic E-state index is 13.0. The Kier molecular flexibility index (Phi) is 4.96. The van der Waals surface area contributed by atoms with Crippen LogP contribution in [-0.4, -0.2) is 26.8 Å². The van der Waals surface area contributed by atoms with Crippen molar-refractivity contribution in [3.05, 3.63) is 80.2 Å². The summed E-state index contributed by atoms with van der Waals surface area (Å²) in [7, 11) is 2.94. The van der Waals surface area contributed by atoms with Gasteiger partial charge in [0.25, 0.3) is 5.56 Å². The summed E-state index contributed by atoms with van der Waals surface area (Å²) >= 11 is 0. The summed E-state index contributed by atoms with van der Waals surface area (Å²) in [6.07, 6.45) is 1.45. The third kappa shape index (κ3) is 3.02. The number of phenols is 1.